The first-order chi connectivity index (χ1) is 25.2. The Morgan fingerprint density at radius 2 is 1.06 bits per heavy atom. The predicted octanol–water partition coefficient (Wildman–Crippen LogP) is 3.57. The molecule has 9 rings (SSSR count). The molecule has 0 radical (unpaired) electrons. The number of nitrogens with zero attached hydrogens (tertiary/aromatic N) is 4. The summed E-state index contributed by atoms with van der Waals surface area (Å²) < 4.78 is 0. The van der Waals surface area contributed by atoms with Crippen LogP contribution in [0.4, 0.5) is 5.69 Å². The minimum Gasteiger partial charge on any atom is -0.871 e. The van der Waals surface area contributed by atoms with Gasteiger partial charge in [0.15, 0.2) is 0 Å². The summed E-state index contributed by atoms with van der Waals surface area (Å²) in [4.78, 5) is 48.6. The number of aromatic nitrogens is 3. The van der Waals surface area contributed by atoms with Crippen LogP contribution in [0.5, 0.6) is 17.2 Å². The Labute approximate surface area is 317 Å². The van der Waals surface area contributed by atoms with Crippen LogP contribution in [0.2, 0.25) is 0 Å². The zero-order chi connectivity index (χ0) is 36.6. The van der Waals surface area contributed by atoms with Crippen LogP contribution in [0.15, 0.2) is 128 Å². The molecule has 2 aliphatic heterocycles. The van der Waals surface area contributed by atoms with Crippen molar-refractivity contribution in [2.75, 3.05) is 5.73 Å². The van der Waals surface area contributed by atoms with Gasteiger partial charge in [-0.25, -0.2) is 0 Å². The number of nitrogens with one attached hydrogen (secondary N) is 1. The summed E-state index contributed by atoms with van der Waals surface area (Å²) in [7, 11) is 0. The monoisotopic (exact) mass is 760 g/mol. The zero-order valence-corrected chi connectivity index (χ0v) is 30.6. The van der Waals surface area contributed by atoms with E-state index in [4.69, 9.17) is 5.73 Å². The van der Waals surface area contributed by atoms with Gasteiger partial charge in [0, 0.05) is 48.4 Å². The van der Waals surface area contributed by atoms with E-state index in [9.17, 15) is 29.7 Å². The number of anilines is 1. The molecule has 1 unspecified atom stereocenters. The standard InChI is InChI=1S/C13H13N3O3.3C9H7NO.Ga/c14-9-3-1-2-7-8(9)6-16(13(7)19)10-4-5-11(17)15-12(10)18;3*11-8-5-1-3-7-4-2-6-10-9(7)8;/h1-3,10H,4-6,14H2,(H,15,17,18);3*1-6,11H;/q;;;;+3/p-3. The van der Waals surface area contributed by atoms with E-state index in [0.29, 0.717) is 40.8 Å². The number of carbonyl (C=O) groups is 3. The third-order valence-corrected chi connectivity index (χ3v) is 8.41. The molecule has 7 aromatic rings. The molecule has 3 amide bonds. The Kier molecular flexibility index (Phi) is 12.3. The fourth-order valence-corrected chi connectivity index (χ4v) is 5.84. The maximum atomic E-state index is 12.3. The molecule has 1 saturated heterocycles. The second-order valence-electron chi connectivity index (χ2n) is 11.8. The number of nitrogens with two attached hydrogens (primary N) is 1. The van der Waals surface area contributed by atoms with Crippen molar-refractivity contribution in [1.82, 2.24) is 25.2 Å². The van der Waals surface area contributed by atoms with E-state index >= 15 is 0 Å². The molecule has 4 aromatic carbocycles. The van der Waals surface area contributed by atoms with Gasteiger partial charge < -0.3 is 26.0 Å². The van der Waals surface area contributed by atoms with Crippen LogP contribution >= 0.6 is 0 Å². The van der Waals surface area contributed by atoms with Gasteiger partial charge in [0.05, 0.1) is 16.6 Å². The topological polar surface area (TPSA) is 200 Å². The summed E-state index contributed by atoms with van der Waals surface area (Å²) >= 11 is 0. The number of para-hydroxylation sites is 3. The van der Waals surface area contributed by atoms with Crippen LogP contribution < -0.4 is 26.4 Å². The number of fused-ring (bicyclic) bond motifs is 4. The van der Waals surface area contributed by atoms with E-state index in [1.54, 1.807) is 55.0 Å². The molecule has 12 nitrogen and oxygen atoms in total. The molecule has 0 bridgehead atoms. The Balaban J connectivity index is 0.000000140. The summed E-state index contributed by atoms with van der Waals surface area (Å²) in [6.07, 6.45) is 5.51. The van der Waals surface area contributed by atoms with Crippen LogP contribution in [0, 0.1) is 0 Å². The van der Waals surface area contributed by atoms with Crippen LogP contribution in [-0.2, 0) is 16.1 Å². The SMILES string of the molecule is Nc1cccc2c1CN(C1CCC(=O)NC1=O)C2=O.[Ga+3].[O-]c1cccc2cccnc12.[O-]c1cccc2cccnc12.[O-]c1cccc2cccnc12. The van der Waals surface area contributed by atoms with Gasteiger partial charge >= 0.3 is 19.8 Å². The van der Waals surface area contributed by atoms with Crippen LogP contribution in [0.25, 0.3) is 32.7 Å². The van der Waals surface area contributed by atoms with Gasteiger partial charge in [0.25, 0.3) is 5.91 Å². The molecule has 53 heavy (non-hydrogen) atoms. The van der Waals surface area contributed by atoms with Crippen molar-refractivity contribution in [1.29, 1.82) is 0 Å². The zero-order valence-electron chi connectivity index (χ0n) is 28.2. The molecule has 5 heterocycles. The van der Waals surface area contributed by atoms with E-state index < -0.39 is 11.9 Å². The fraction of sp³-hybridized carbons (Fsp3) is 0.100. The van der Waals surface area contributed by atoms with Gasteiger partial charge in [-0.2, -0.15) is 0 Å². The fourth-order valence-electron chi connectivity index (χ4n) is 5.84. The molecular weight excluding hydrogens is 730 g/mol. The van der Waals surface area contributed by atoms with Crippen LogP contribution in [0.3, 0.4) is 0 Å². The number of carbonyl (C=O) groups excluding carboxylic acids is 3. The Hall–Kier alpha value is -6.44. The van der Waals surface area contributed by atoms with Gasteiger partial charge in [0.1, 0.15) is 6.04 Å². The van der Waals surface area contributed by atoms with Crippen molar-refractivity contribution in [3.63, 3.8) is 0 Å². The van der Waals surface area contributed by atoms with Gasteiger partial charge in [-0.3, -0.25) is 34.7 Å². The number of hydrogen-bond donors (Lipinski definition) is 2. The molecule has 260 valence electrons. The maximum Gasteiger partial charge on any atom is 3.00 e. The summed E-state index contributed by atoms with van der Waals surface area (Å²) in [5.41, 5.74) is 9.37. The molecule has 0 spiro atoms. The minimum absolute atomic E-state index is 0. The minimum atomic E-state index is -0.586. The second-order valence-corrected chi connectivity index (χ2v) is 11.8. The normalized spacial score (nSPS) is 14.4. The molecule has 3 N–H and O–H groups in total. The van der Waals surface area contributed by atoms with E-state index in [0.717, 1.165) is 21.7 Å². The number of amides is 3. The Morgan fingerprint density at radius 3 is 1.47 bits per heavy atom. The summed E-state index contributed by atoms with van der Waals surface area (Å²) in [5.74, 6) is -0.924. The van der Waals surface area contributed by atoms with Gasteiger partial charge in [-0.1, -0.05) is 96.1 Å². The van der Waals surface area contributed by atoms with E-state index in [2.05, 4.69) is 20.3 Å². The van der Waals surface area contributed by atoms with E-state index in [-0.39, 0.29) is 55.3 Å². The van der Waals surface area contributed by atoms with Crippen molar-refractivity contribution in [2.24, 2.45) is 0 Å². The molecule has 3 aromatic heterocycles. The van der Waals surface area contributed by atoms with Gasteiger partial charge in [-0.15, -0.1) is 0 Å². The molecular formula is C40H31GaN6O6. The predicted molar refractivity (Wildman–Crippen MR) is 196 cm³/mol. The van der Waals surface area contributed by atoms with Crippen molar-refractivity contribution in [3.8, 4) is 17.2 Å². The van der Waals surface area contributed by atoms with Gasteiger partial charge in [-0.05, 0) is 52.9 Å². The number of pyridine rings is 3. The van der Waals surface area contributed by atoms with Crippen LogP contribution in [0.1, 0.15) is 28.8 Å². The second kappa shape index (κ2) is 17.2. The third-order valence-electron chi connectivity index (χ3n) is 8.41. The third kappa shape index (κ3) is 8.72. The Morgan fingerprint density at radius 1 is 0.623 bits per heavy atom. The first kappa shape index (κ1) is 37.8. The van der Waals surface area contributed by atoms with E-state index in [1.807, 2.05) is 54.6 Å². The summed E-state index contributed by atoms with van der Waals surface area (Å²) in [6, 6.07) is 31.1. The molecule has 0 saturated carbocycles. The average molecular weight is 761 g/mol. The first-order valence-electron chi connectivity index (χ1n) is 16.3. The molecule has 1 atom stereocenters. The number of benzene rings is 4. The van der Waals surface area contributed by atoms with Crippen LogP contribution in [-0.4, -0.2) is 63.4 Å². The number of imide groups is 1. The molecule has 13 heteroatoms. The Bertz CT molecular complexity index is 2230. The number of nitrogen functional groups attached to an aromatic ring is 1. The van der Waals surface area contributed by atoms with Crippen molar-refractivity contribution >= 4 is 75.9 Å². The molecule has 2 aliphatic rings. The number of piperidine rings is 1. The average Bonchev–Trinajstić information content (AvgIpc) is 3.50. The van der Waals surface area contributed by atoms with Gasteiger partial charge in [0.2, 0.25) is 11.8 Å². The number of hydrogen-bond acceptors (Lipinski definition) is 10. The smallest absolute Gasteiger partial charge is 0.871 e. The quantitative estimate of drug-likeness (QED) is 0.142. The maximum absolute atomic E-state index is 12.3. The van der Waals surface area contributed by atoms with Crippen molar-refractivity contribution in [3.05, 3.63) is 139 Å². The molecule has 1 fully saturated rings. The largest absolute Gasteiger partial charge is 3.00 e. The first-order valence-corrected chi connectivity index (χ1v) is 16.3. The molecule has 0 aliphatic carbocycles. The summed E-state index contributed by atoms with van der Waals surface area (Å²) in [5, 5.41) is 38.3. The summed E-state index contributed by atoms with van der Waals surface area (Å²) in [6.45, 7) is 0.327. The van der Waals surface area contributed by atoms with Crippen molar-refractivity contribution in [2.45, 2.75) is 25.4 Å². The number of rotatable bonds is 1. The van der Waals surface area contributed by atoms with E-state index in [1.165, 1.54) is 23.1 Å². The van der Waals surface area contributed by atoms with Crippen molar-refractivity contribution < 1.29 is 29.7 Å².